The number of unbranched alkanes of at least 4 members (excludes halogenated alkanes) is 21. The van der Waals surface area contributed by atoms with Gasteiger partial charge in [0, 0.05) is 19.4 Å². The van der Waals surface area contributed by atoms with E-state index in [1.807, 2.05) is 6.08 Å². The maximum atomic E-state index is 12.7. The highest BCUT2D eigenvalue weighted by molar-refractivity contribution is 5.70. The highest BCUT2D eigenvalue weighted by atomic mass is 16.6. The molecule has 0 amide bonds. The number of ether oxygens (including phenoxy) is 3. The Labute approximate surface area is 359 Å². The minimum atomic E-state index is -0.562. The molecule has 0 aliphatic carbocycles. The summed E-state index contributed by atoms with van der Waals surface area (Å²) >= 11 is 0. The monoisotopic (exact) mass is 809 g/mol. The average molecular weight is 809 g/mol. The van der Waals surface area contributed by atoms with E-state index >= 15 is 0 Å². The molecule has 0 aliphatic rings. The van der Waals surface area contributed by atoms with Gasteiger partial charge in [0.15, 0.2) is 6.10 Å². The largest absolute Gasteiger partial charge is 0.462 e. The van der Waals surface area contributed by atoms with E-state index in [0.717, 1.165) is 64.2 Å². The molecule has 58 heavy (non-hydrogen) atoms. The third kappa shape index (κ3) is 46.0. The third-order valence-electron chi connectivity index (χ3n) is 10.3. The van der Waals surface area contributed by atoms with Gasteiger partial charge in [0.2, 0.25) is 0 Å². The van der Waals surface area contributed by atoms with Gasteiger partial charge in [-0.3, -0.25) is 9.59 Å². The maximum Gasteiger partial charge on any atom is 0.306 e. The van der Waals surface area contributed by atoms with E-state index in [0.29, 0.717) is 25.9 Å². The molecular formula is C53H92O5. The molecule has 0 bridgehead atoms. The van der Waals surface area contributed by atoms with Gasteiger partial charge in [-0.25, -0.2) is 0 Å². The Hall–Kier alpha value is -2.66. The van der Waals surface area contributed by atoms with E-state index in [1.54, 1.807) is 0 Å². The molecule has 0 saturated carbocycles. The second-order valence-electron chi connectivity index (χ2n) is 16.0. The van der Waals surface area contributed by atoms with Crippen molar-refractivity contribution in [3.05, 3.63) is 72.9 Å². The summed E-state index contributed by atoms with van der Waals surface area (Å²) in [6.07, 6.45) is 62.0. The molecule has 0 radical (unpaired) electrons. The highest BCUT2D eigenvalue weighted by Crippen LogP contribution is 2.15. The number of hydrogen-bond donors (Lipinski definition) is 0. The van der Waals surface area contributed by atoms with Crippen molar-refractivity contribution in [3.63, 3.8) is 0 Å². The van der Waals surface area contributed by atoms with Crippen LogP contribution in [0.4, 0.5) is 0 Å². The molecule has 5 nitrogen and oxygen atoms in total. The minimum absolute atomic E-state index is 0.0462. The summed E-state index contributed by atoms with van der Waals surface area (Å²) in [6, 6.07) is 0. The van der Waals surface area contributed by atoms with Crippen LogP contribution in [0.25, 0.3) is 0 Å². The standard InChI is InChI=1S/C53H92O5/c1-4-7-10-13-16-19-21-23-25-26-27-28-30-31-33-35-37-40-43-46-52(54)57-50-51(49-56-48-45-42-39-18-15-12-9-6-3)58-53(55)47-44-41-38-36-34-32-29-24-22-20-17-14-11-8-5-2/h7,10,16,19,23,25,27-28,31,33,37,40,51H,4-6,8-9,11-15,17-18,20-22,24,26,29-30,32,34-36,38-39,41-50H2,1-3H3/b10-7-,19-16-,25-23-,28-27-,33-31-,40-37-. The van der Waals surface area contributed by atoms with E-state index in [-0.39, 0.29) is 25.2 Å². The van der Waals surface area contributed by atoms with E-state index < -0.39 is 6.10 Å². The molecule has 0 heterocycles. The first-order valence-electron chi connectivity index (χ1n) is 24.5. The van der Waals surface area contributed by atoms with Crippen LogP contribution in [0.15, 0.2) is 72.9 Å². The summed E-state index contributed by atoms with van der Waals surface area (Å²) in [5.74, 6) is -0.490. The first kappa shape index (κ1) is 55.3. The maximum absolute atomic E-state index is 12.7. The number of esters is 2. The molecule has 0 aromatic carbocycles. The molecule has 0 N–H and O–H groups in total. The van der Waals surface area contributed by atoms with Gasteiger partial charge in [0.25, 0.3) is 0 Å². The summed E-state index contributed by atoms with van der Waals surface area (Å²) in [5, 5.41) is 0. The van der Waals surface area contributed by atoms with Crippen molar-refractivity contribution < 1.29 is 23.8 Å². The number of hydrogen-bond acceptors (Lipinski definition) is 5. The number of rotatable bonds is 44. The van der Waals surface area contributed by atoms with Gasteiger partial charge in [0.1, 0.15) is 6.61 Å². The average Bonchev–Trinajstić information content (AvgIpc) is 3.22. The number of allylic oxidation sites excluding steroid dienone is 12. The molecule has 0 aromatic rings. The summed E-state index contributed by atoms with van der Waals surface area (Å²) in [5.41, 5.74) is 0. The molecule has 0 spiro atoms. The van der Waals surface area contributed by atoms with Crippen LogP contribution >= 0.6 is 0 Å². The lowest BCUT2D eigenvalue weighted by molar-refractivity contribution is -0.162. The molecule has 5 heteroatoms. The van der Waals surface area contributed by atoms with Gasteiger partial charge in [-0.2, -0.15) is 0 Å². The van der Waals surface area contributed by atoms with Crippen LogP contribution in [0.5, 0.6) is 0 Å². The predicted molar refractivity (Wildman–Crippen MR) is 251 cm³/mol. The topological polar surface area (TPSA) is 61.8 Å². The van der Waals surface area contributed by atoms with Crippen LogP contribution in [-0.2, 0) is 23.8 Å². The fourth-order valence-electron chi connectivity index (χ4n) is 6.65. The molecule has 0 rings (SSSR count). The lowest BCUT2D eigenvalue weighted by atomic mass is 10.0. The summed E-state index contributed by atoms with van der Waals surface area (Å²) in [7, 11) is 0. The summed E-state index contributed by atoms with van der Waals surface area (Å²) < 4.78 is 17.2. The van der Waals surface area contributed by atoms with Gasteiger partial charge >= 0.3 is 11.9 Å². The third-order valence-corrected chi connectivity index (χ3v) is 10.3. The Morgan fingerprint density at radius 2 is 0.776 bits per heavy atom. The van der Waals surface area contributed by atoms with Gasteiger partial charge < -0.3 is 14.2 Å². The highest BCUT2D eigenvalue weighted by Gasteiger charge is 2.17. The fraction of sp³-hybridized carbons (Fsp3) is 0.736. The zero-order valence-electron chi connectivity index (χ0n) is 38.3. The lowest BCUT2D eigenvalue weighted by Crippen LogP contribution is -2.30. The SMILES string of the molecule is CC/C=C\C/C=C\C/C=C\C/C=C\C/C=C\C/C=C\CCC(=O)OCC(COCCCCCCCCCC)OC(=O)CCCCCCCCCCCCCCCCC. The molecule has 0 aliphatic heterocycles. The zero-order valence-corrected chi connectivity index (χ0v) is 38.3. The molecule has 1 unspecified atom stereocenters. The van der Waals surface area contributed by atoms with Crippen LogP contribution in [-0.4, -0.2) is 37.9 Å². The van der Waals surface area contributed by atoms with Crippen molar-refractivity contribution in [2.75, 3.05) is 19.8 Å². The normalized spacial score (nSPS) is 12.8. The Kier molecular flexibility index (Phi) is 46.5. The lowest BCUT2D eigenvalue weighted by Gasteiger charge is -2.18. The first-order chi connectivity index (χ1) is 28.6. The van der Waals surface area contributed by atoms with E-state index in [4.69, 9.17) is 14.2 Å². The Bertz CT molecular complexity index is 1050. The van der Waals surface area contributed by atoms with Crippen molar-refractivity contribution in [1.29, 1.82) is 0 Å². The Morgan fingerprint density at radius 1 is 0.397 bits per heavy atom. The summed E-state index contributed by atoms with van der Waals surface area (Å²) in [6.45, 7) is 7.63. The van der Waals surface area contributed by atoms with Crippen molar-refractivity contribution in [2.24, 2.45) is 0 Å². The van der Waals surface area contributed by atoms with Crippen LogP contribution in [0.2, 0.25) is 0 Å². The van der Waals surface area contributed by atoms with Crippen LogP contribution in [0, 0.1) is 0 Å². The van der Waals surface area contributed by atoms with E-state index in [2.05, 4.69) is 87.6 Å². The van der Waals surface area contributed by atoms with Gasteiger partial charge in [0.05, 0.1) is 6.61 Å². The van der Waals surface area contributed by atoms with Gasteiger partial charge in [-0.1, -0.05) is 229 Å². The van der Waals surface area contributed by atoms with E-state index in [1.165, 1.54) is 122 Å². The van der Waals surface area contributed by atoms with Crippen molar-refractivity contribution in [3.8, 4) is 0 Å². The van der Waals surface area contributed by atoms with Crippen LogP contribution < -0.4 is 0 Å². The van der Waals surface area contributed by atoms with Gasteiger partial charge in [-0.15, -0.1) is 0 Å². The molecule has 0 aromatic heterocycles. The first-order valence-corrected chi connectivity index (χ1v) is 24.5. The Balaban J connectivity index is 4.29. The van der Waals surface area contributed by atoms with Crippen molar-refractivity contribution in [2.45, 2.75) is 232 Å². The van der Waals surface area contributed by atoms with E-state index in [9.17, 15) is 9.59 Å². The van der Waals surface area contributed by atoms with Crippen LogP contribution in [0.3, 0.4) is 0 Å². The predicted octanol–water partition coefficient (Wildman–Crippen LogP) is 16.3. The van der Waals surface area contributed by atoms with Crippen molar-refractivity contribution >= 4 is 11.9 Å². The van der Waals surface area contributed by atoms with Crippen LogP contribution in [0.1, 0.15) is 226 Å². The second kappa shape index (κ2) is 48.7. The van der Waals surface area contributed by atoms with Crippen molar-refractivity contribution in [1.82, 2.24) is 0 Å². The molecule has 334 valence electrons. The smallest absolute Gasteiger partial charge is 0.306 e. The van der Waals surface area contributed by atoms with Gasteiger partial charge in [-0.05, 0) is 57.8 Å². The zero-order chi connectivity index (χ0) is 42.1. The molecule has 0 saturated heterocycles. The fourth-order valence-corrected chi connectivity index (χ4v) is 6.65. The summed E-state index contributed by atoms with van der Waals surface area (Å²) in [4.78, 5) is 25.2. The molecular weight excluding hydrogens is 717 g/mol. The second-order valence-corrected chi connectivity index (χ2v) is 16.0. The molecule has 1 atom stereocenters. The minimum Gasteiger partial charge on any atom is -0.462 e. The Morgan fingerprint density at radius 3 is 1.21 bits per heavy atom. The number of carbonyl (C=O) groups is 2. The number of carbonyl (C=O) groups excluding carboxylic acids is 2. The quantitative estimate of drug-likeness (QED) is 0.0348. The molecule has 0 fully saturated rings.